The van der Waals surface area contributed by atoms with Gasteiger partial charge in [-0.25, -0.2) is 0 Å². The second kappa shape index (κ2) is 6.69. The zero-order valence-corrected chi connectivity index (χ0v) is 13.1. The average molecular weight is 312 g/mol. The molecule has 0 radical (unpaired) electrons. The molecule has 0 bridgehead atoms. The van der Waals surface area contributed by atoms with Crippen molar-refractivity contribution in [1.29, 1.82) is 0 Å². The molecule has 1 aliphatic rings. The standard InChI is InChI=1S/C18H20N2O3/c1-13(19-17(21)16-10-6-12-23-16)18(22)20-11-5-9-15(20)14-7-3-2-4-8-14/h2-4,6-8,10,12-13,15H,5,9,11H2,1H3,(H,19,21). The van der Waals surface area contributed by atoms with E-state index in [1.165, 1.54) is 6.26 Å². The van der Waals surface area contributed by atoms with Gasteiger partial charge in [0.2, 0.25) is 5.91 Å². The molecule has 0 aliphatic carbocycles. The molecule has 3 rings (SSSR count). The Morgan fingerprint density at radius 2 is 2.00 bits per heavy atom. The summed E-state index contributed by atoms with van der Waals surface area (Å²) >= 11 is 0. The van der Waals surface area contributed by atoms with Crippen LogP contribution in [-0.2, 0) is 4.79 Å². The average Bonchev–Trinajstić information content (AvgIpc) is 3.26. The van der Waals surface area contributed by atoms with Crippen molar-refractivity contribution < 1.29 is 14.0 Å². The first kappa shape index (κ1) is 15.3. The van der Waals surface area contributed by atoms with E-state index in [0.717, 1.165) is 24.9 Å². The molecule has 23 heavy (non-hydrogen) atoms. The predicted octanol–water partition coefficient (Wildman–Crippen LogP) is 2.76. The smallest absolute Gasteiger partial charge is 0.287 e. The fourth-order valence-corrected chi connectivity index (χ4v) is 3.04. The Morgan fingerprint density at radius 3 is 2.70 bits per heavy atom. The summed E-state index contributed by atoms with van der Waals surface area (Å²) in [5, 5.41) is 2.71. The maximum atomic E-state index is 12.7. The van der Waals surface area contributed by atoms with Crippen LogP contribution < -0.4 is 5.32 Å². The van der Waals surface area contributed by atoms with Gasteiger partial charge in [0.1, 0.15) is 6.04 Å². The van der Waals surface area contributed by atoms with Gasteiger partial charge in [-0.1, -0.05) is 30.3 Å². The number of amides is 2. The summed E-state index contributed by atoms with van der Waals surface area (Å²) in [6.45, 7) is 2.43. The molecule has 2 aromatic rings. The minimum atomic E-state index is -0.586. The molecule has 0 spiro atoms. The van der Waals surface area contributed by atoms with Crippen LogP contribution in [0.25, 0.3) is 0 Å². The number of carbonyl (C=O) groups excluding carboxylic acids is 2. The van der Waals surface area contributed by atoms with Crippen molar-refractivity contribution in [3.8, 4) is 0 Å². The van der Waals surface area contributed by atoms with Crippen molar-refractivity contribution in [3.63, 3.8) is 0 Å². The highest BCUT2D eigenvalue weighted by Crippen LogP contribution is 2.32. The molecule has 1 aliphatic heterocycles. The van der Waals surface area contributed by atoms with Gasteiger partial charge >= 0.3 is 0 Å². The Bertz CT molecular complexity index is 667. The molecule has 1 aromatic heterocycles. The van der Waals surface area contributed by atoms with Crippen LogP contribution in [0.2, 0.25) is 0 Å². The number of nitrogens with one attached hydrogen (secondary N) is 1. The van der Waals surface area contributed by atoms with E-state index in [1.54, 1.807) is 19.1 Å². The molecule has 2 atom stereocenters. The van der Waals surface area contributed by atoms with E-state index in [-0.39, 0.29) is 23.6 Å². The van der Waals surface area contributed by atoms with Gasteiger partial charge in [-0.15, -0.1) is 0 Å². The van der Waals surface area contributed by atoms with Crippen molar-refractivity contribution in [2.45, 2.75) is 31.8 Å². The number of rotatable bonds is 4. The van der Waals surface area contributed by atoms with Crippen molar-refractivity contribution in [2.24, 2.45) is 0 Å². The van der Waals surface area contributed by atoms with Gasteiger partial charge in [0, 0.05) is 6.54 Å². The van der Waals surface area contributed by atoms with Crippen LogP contribution in [0.1, 0.15) is 41.9 Å². The first-order valence-corrected chi connectivity index (χ1v) is 7.86. The monoisotopic (exact) mass is 312 g/mol. The van der Waals surface area contributed by atoms with Crippen LogP contribution in [0, 0.1) is 0 Å². The quantitative estimate of drug-likeness (QED) is 0.944. The molecule has 5 nitrogen and oxygen atoms in total. The van der Waals surface area contributed by atoms with Crippen LogP contribution in [0.3, 0.4) is 0 Å². The molecular weight excluding hydrogens is 292 g/mol. The van der Waals surface area contributed by atoms with Gasteiger partial charge in [-0.2, -0.15) is 0 Å². The summed E-state index contributed by atoms with van der Waals surface area (Å²) in [7, 11) is 0. The number of furan rings is 1. The third-order valence-corrected chi connectivity index (χ3v) is 4.18. The third kappa shape index (κ3) is 3.28. The fraction of sp³-hybridized carbons (Fsp3) is 0.333. The normalized spacial score (nSPS) is 18.7. The topological polar surface area (TPSA) is 62.6 Å². The molecular formula is C18H20N2O3. The van der Waals surface area contributed by atoms with Crippen LogP contribution in [0.15, 0.2) is 53.1 Å². The van der Waals surface area contributed by atoms with E-state index < -0.39 is 6.04 Å². The van der Waals surface area contributed by atoms with Crippen molar-refractivity contribution in [2.75, 3.05) is 6.54 Å². The van der Waals surface area contributed by atoms with Crippen LogP contribution >= 0.6 is 0 Å². The van der Waals surface area contributed by atoms with Crippen LogP contribution in [0.5, 0.6) is 0 Å². The molecule has 1 saturated heterocycles. The molecule has 1 N–H and O–H groups in total. The molecule has 1 fully saturated rings. The van der Waals surface area contributed by atoms with Crippen LogP contribution in [-0.4, -0.2) is 29.3 Å². The molecule has 2 amide bonds. The highest BCUT2D eigenvalue weighted by Gasteiger charge is 2.33. The van der Waals surface area contributed by atoms with Crippen molar-refractivity contribution in [1.82, 2.24) is 10.2 Å². The highest BCUT2D eigenvalue weighted by atomic mass is 16.3. The van der Waals surface area contributed by atoms with E-state index in [9.17, 15) is 9.59 Å². The SMILES string of the molecule is CC(NC(=O)c1ccco1)C(=O)N1CCCC1c1ccccc1. The second-order valence-electron chi connectivity index (χ2n) is 5.77. The predicted molar refractivity (Wildman–Crippen MR) is 85.8 cm³/mol. The van der Waals surface area contributed by atoms with Gasteiger partial charge in [0.15, 0.2) is 5.76 Å². The Hall–Kier alpha value is -2.56. The Morgan fingerprint density at radius 1 is 1.22 bits per heavy atom. The van der Waals surface area contributed by atoms with E-state index in [1.807, 2.05) is 35.2 Å². The van der Waals surface area contributed by atoms with Gasteiger partial charge in [-0.05, 0) is 37.5 Å². The van der Waals surface area contributed by atoms with Gasteiger partial charge in [-0.3, -0.25) is 9.59 Å². The summed E-state index contributed by atoms with van der Waals surface area (Å²) in [5.74, 6) is -0.215. The fourth-order valence-electron chi connectivity index (χ4n) is 3.04. The summed E-state index contributed by atoms with van der Waals surface area (Å²) in [6, 6.07) is 12.8. The largest absolute Gasteiger partial charge is 0.459 e. The van der Waals surface area contributed by atoms with E-state index in [2.05, 4.69) is 5.32 Å². The Balaban J connectivity index is 1.68. The zero-order valence-electron chi connectivity index (χ0n) is 13.1. The lowest BCUT2D eigenvalue weighted by Crippen LogP contribution is -2.46. The maximum absolute atomic E-state index is 12.7. The van der Waals surface area contributed by atoms with Gasteiger partial charge in [0.05, 0.1) is 12.3 Å². The number of nitrogens with zero attached hydrogens (tertiary/aromatic N) is 1. The lowest BCUT2D eigenvalue weighted by molar-refractivity contribution is -0.133. The van der Waals surface area contributed by atoms with E-state index in [4.69, 9.17) is 4.42 Å². The molecule has 0 saturated carbocycles. The van der Waals surface area contributed by atoms with Crippen molar-refractivity contribution >= 4 is 11.8 Å². The maximum Gasteiger partial charge on any atom is 0.287 e. The third-order valence-electron chi connectivity index (χ3n) is 4.18. The summed E-state index contributed by atoms with van der Waals surface area (Å²) in [4.78, 5) is 26.6. The summed E-state index contributed by atoms with van der Waals surface area (Å²) in [6.07, 6.45) is 3.37. The Labute approximate surface area is 135 Å². The lowest BCUT2D eigenvalue weighted by Gasteiger charge is -2.28. The van der Waals surface area contributed by atoms with Gasteiger partial charge in [0.25, 0.3) is 5.91 Å². The highest BCUT2D eigenvalue weighted by molar-refractivity contribution is 5.95. The summed E-state index contributed by atoms with van der Waals surface area (Å²) < 4.78 is 5.05. The lowest BCUT2D eigenvalue weighted by atomic mass is 10.0. The van der Waals surface area contributed by atoms with Crippen LogP contribution in [0.4, 0.5) is 0 Å². The molecule has 120 valence electrons. The second-order valence-corrected chi connectivity index (χ2v) is 5.77. The number of hydrogen-bond donors (Lipinski definition) is 1. The number of likely N-dealkylation sites (tertiary alicyclic amines) is 1. The first-order valence-electron chi connectivity index (χ1n) is 7.86. The summed E-state index contributed by atoms with van der Waals surface area (Å²) in [5.41, 5.74) is 1.14. The van der Waals surface area contributed by atoms with E-state index >= 15 is 0 Å². The molecule has 2 unspecified atom stereocenters. The number of hydrogen-bond acceptors (Lipinski definition) is 3. The Kier molecular flexibility index (Phi) is 4.46. The molecule has 2 heterocycles. The van der Waals surface area contributed by atoms with E-state index in [0.29, 0.717) is 0 Å². The first-order chi connectivity index (χ1) is 11.2. The molecule has 1 aromatic carbocycles. The zero-order chi connectivity index (χ0) is 16.2. The minimum Gasteiger partial charge on any atom is -0.459 e. The van der Waals surface area contributed by atoms with Gasteiger partial charge < -0.3 is 14.6 Å². The van der Waals surface area contributed by atoms with Crippen molar-refractivity contribution in [3.05, 3.63) is 60.1 Å². The molecule has 5 heteroatoms. The number of carbonyl (C=O) groups is 2. The number of benzene rings is 1. The minimum absolute atomic E-state index is 0.0590.